The summed E-state index contributed by atoms with van der Waals surface area (Å²) in [5.41, 5.74) is 0. The van der Waals surface area contributed by atoms with E-state index in [0.29, 0.717) is 13.1 Å². The summed E-state index contributed by atoms with van der Waals surface area (Å²) in [7, 11) is 3.68. The Labute approximate surface area is 107 Å². The molecule has 0 fully saturated rings. The SMILES string of the molecule is CNCC(C)C(=O)N(C)Cc1nnc2n1CCC2. The molecular formula is C12H21N5O. The third-order valence-electron chi connectivity index (χ3n) is 3.37. The van der Waals surface area contributed by atoms with E-state index >= 15 is 0 Å². The van der Waals surface area contributed by atoms with Gasteiger partial charge in [-0.1, -0.05) is 6.92 Å². The molecule has 1 atom stereocenters. The quantitative estimate of drug-likeness (QED) is 0.802. The van der Waals surface area contributed by atoms with Gasteiger partial charge >= 0.3 is 0 Å². The van der Waals surface area contributed by atoms with Gasteiger partial charge in [0.2, 0.25) is 5.91 Å². The van der Waals surface area contributed by atoms with Gasteiger partial charge in [-0.2, -0.15) is 0 Å². The molecule has 2 heterocycles. The maximum atomic E-state index is 12.1. The Hall–Kier alpha value is -1.43. The summed E-state index contributed by atoms with van der Waals surface area (Å²) in [6, 6.07) is 0. The van der Waals surface area contributed by atoms with E-state index in [-0.39, 0.29) is 11.8 Å². The lowest BCUT2D eigenvalue weighted by molar-refractivity contribution is -0.134. The van der Waals surface area contributed by atoms with Crippen LogP contribution in [0.3, 0.4) is 0 Å². The first-order chi connectivity index (χ1) is 8.63. The average Bonchev–Trinajstić information content (AvgIpc) is 2.93. The smallest absolute Gasteiger partial charge is 0.226 e. The maximum absolute atomic E-state index is 12.1. The number of fused-ring (bicyclic) bond motifs is 1. The normalized spacial score (nSPS) is 15.5. The average molecular weight is 251 g/mol. The lowest BCUT2D eigenvalue weighted by Gasteiger charge is -2.20. The number of amides is 1. The summed E-state index contributed by atoms with van der Waals surface area (Å²) in [6.07, 6.45) is 2.13. The third kappa shape index (κ3) is 2.53. The number of aryl methyl sites for hydroxylation is 1. The van der Waals surface area contributed by atoms with Crippen LogP contribution in [-0.4, -0.2) is 46.2 Å². The maximum Gasteiger partial charge on any atom is 0.226 e. The van der Waals surface area contributed by atoms with E-state index in [0.717, 1.165) is 31.0 Å². The molecule has 1 N–H and O–H groups in total. The first-order valence-electron chi connectivity index (χ1n) is 6.44. The second-order valence-electron chi connectivity index (χ2n) is 4.94. The van der Waals surface area contributed by atoms with Crippen molar-refractivity contribution in [3.63, 3.8) is 0 Å². The second-order valence-corrected chi connectivity index (χ2v) is 4.94. The predicted octanol–water partition coefficient (Wildman–Crippen LogP) is 0.0382. The number of hydrogen-bond acceptors (Lipinski definition) is 4. The molecule has 1 unspecified atom stereocenters. The molecule has 1 aliphatic rings. The summed E-state index contributed by atoms with van der Waals surface area (Å²) < 4.78 is 2.13. The first kappa shape index (κ1) is 13.0. The van der Waals surface area contributed by atoms with Gasteiger partial charge < -0.3 is 14.8 Å². The van der Waals surface area contributed by atoms with Gasteiger partial charge in [0.05, 0.1) is 6.54 Å². The summed E-state index contributed by atoms with van der Waals surface area (Å²) in [5, 5.41) is 11.3. The van der Waals surface area contributed by atoms with Crippen molar-refractivity contribution in [3.8, 4) is 0 Å². The fraction of sp³-hybridized carbons (Fsp3) is 0.750. The van der Waals surface area contributed by atoms with Crippen LogP contribution in [0, 0.1) is 5.92 Å². The number of rotatable bonds is 5. The molecule has 0 saturated carbocycles. The number of nitrogens with zero attached hydrogens (tertiary/aromatic N) is 4. The zero-order valence-electron chi connectivity index (χ0n) is 11.3. The van der Waals surface area contributed by atoms with Crippen LogP contribution in [0.4, 0.5) is 0 Å². The zero-order valence-corrected chi connectivity index (χ0v) is 11.3. The minimum atomic E-state index is -0.0130. The largest absolute Gasteiger partial charge is 0.338 e. The van der Waals surface area contributed by atoms with Gasteiger partial charge in [-0.25, -0.2) is 0 Å². The molecule has 6 nitrogen and oxygen atoms in total. The number of carbonyl (C=O) groups excluding carboxylic acids is 1. The highest BCUT2D eigenvalue weighted by molar-refractivity contribution is 5.78. The summed E-state index contributed by atoms with van der Waals surface area (Å²) in [4.78, 5) is 13.8. The van der Waals surface area contributed by atoms with Gasteiger partial charge in [-0.15, -0.1) is 10.2 Å². The fourth-order valence-electron chi connectivity index (χ4n) is 2.39. The van der Waals surface area contributed by atoms with E-state index in [4.69, 9.17) is 0 Å². The van der Waals surface area contributed by atoms with E-state index < -0.39 is 0 Å². The van der Waals surface area contributed by atoms with Crippen molar-refractivity contribution < 1.29 is 4.79 Å². The van der Waals surface area contributed by atoms with Crippen LogP contribution < -0.4 is 5.32 Å². The minimum absolute atomic E-state index is 0.0130. The molecule has 0 spiro atoms. The van der Waals surface area contributed by atoms with Gasteiger partial charge in [0, 0.05) is 32.5 Å². The van der Waals surface area contributed by atoms with Gasteiger partial charge in [0.15, 0.2) is 5.82 Å². The highest BCUT2D eigenvalue weighted by atomic mass is 16.2. The number of nitrogens with one attached hydrogen (secondary N) is 1. The second kappa shape index (κ2) is 5.48. The molecule has 18 heavy (non-hydrogen) atoms. The minimum Gasteiger partial charge on any atom is -0.338 e. The topological polar surface area (TPSA) is 63.1 Å². The molecule has 1 aliphatic heterocycles. The molecule has 1 aromatic rings. The first-order valence-corrected chi connectivity index (χ1v) is 6.44. The standard InChI is InChI=1S/C12H21N5O/c1-9(7-13-2)12(18)16(3)8-11-15-14-10-5-4-6-17(10)11/h9,13H,4-8H2,1-3H3. The van der Waals surface area contributed by atoms with Gasteiger partial charge in [0.25, 0.3) is 0 Å². The fourth-order valence-corrected chi connectivity index (χ4v) is 2.39. The van der Waals surface area contributed by atoms with Crippen LogP contribution in [0.1, 0.15) is 25.0 Å². The Balaban J connectivity index is 1.98. The molecule has 1 amide bonds. The lowest BCUT2D eigenvalue weighted by atomic mass is 10.1. The highest BCUT2D eigenvalue weighted by Crippen LogP contribution is 2.15. The Bertz CT molecular complexity index is 428. The Morgan fingerprint density at radius 2 is 2.33 bits per heavy atom. The Morgan fingerprint density at radius 3 is 3.06 bits per heavy atom. The van der Waals surface area contributed by atoms with E-state index in [9.17, 15) is 4.79 Å². The van der Waals surface area contributed by atoms with Crippen molar-refractivity contribution in [1.29, 1.82) is 0 Å². The number of aromatic nitrogens is 3. The molecule has 0 saturated heterocycles. The zero-order chi connectivity index (χ0) is 13.1. The summed E-state index contributed by atoms with van der Waals surface area (Å²) in [6.45, 7) is 4.15. The highest BCUT2D eigenvalue weighted by Gasteiger charge is 2.22. The summed E-state index contributed by atoms with van der Waals surface area (Å²) in [5.74, 6) is 2.07. The van der Waals surface area contributed by atoms with Crippen molar-refractivity contribution in [2.24, 2.45) is 5.92 Å². The molecule has 0 aromatic carbocycles. The van der Waals surface area contributed by atoms with Crippen LogP contribution in [0.2, 0.25) is 0 Å². The van der Waals surface area contributed by atoms with Crippen LogP contribution in [0.15, 0.2) is 0 Å². The summed E-state index contributed by atoms with van der Waals surface area (Å²) >= 11 is 0. The number of hydrogen-bond donors (Lipinski definition) is 1. The van der Waals surface area contributed by atoms with Crippen molar-refractivity contribution in [2.75, 3.05) is 20.6 Å². The van der Waals surface area contributed by atoms with Gasteiger partial charge in [-0.05, 0) is 13.5 Å². The lowest BCUT2D eigenvalue weighted by Crippen LogP contribution is -2.36. The molecule has 0 aliphatic carbocycles. The van der Waals surface area contributed by atoms with E-state index in [2.05, 4.69) is 20.1 Å². The molecule has 6 heteroatoms. The van der Waals surface area contributed by atoms with E-state index in [1.807, 2.05) is 21.0 Å². The Morgan fingerprint density at radius 1 is 1.56 bits per heavy atom. The molecule has 1 aromatic heterocycles. The molecule has 2 rings (SSSR count). The van der Waals surface area contributed by atoms with Crippen molar-refractivity contribution in [1.82, 2.24) is 25.0 Å². The molecule has 100 valence electrons. The molecular weight excluding hydrogens is 230 g/mol. The van der Waals surface area contributed by atoms with E-state index in [1.165, 1.54) is 0 Å². The van der Waals surface area contributed by atoms with Crippen LogP contribution >= 0.6 is 0 Å². The number of carbonyl (C=O) groups is 1. The molecule has 0 bridgehead atoms. The van der Waals surface area contributed by atoms with Crippen molar-refractivity contribution in [2.45, 2.75) is 32.9 Å². The Kier molecular flexibility index (Phi) is 3.96. The van der Waals surface area contributed by atoms with Crippen molar-refractivity contribution in [3.05, 3.63) is 11.6 Å². The van der Waals surface area contributed by atoms with E-state index in [1.54, 1.807) is 4.90 Å². The van der Waals surface area contributed by atoms with Gasteiger partial charge in [0.1, 0.15) is 5.82 Å². The third-order valence-corrected chi connectivity index (χ3v) is 3.37. The van der Waals surface area contributed by atoms with Crippen LogP contribution in [-0.2, 0) is 24.3 Å². The van der Waals surface area contributed by atoms with Crippen molar-refractivity contribution >= 4 is 5.91 Å². The van der Waals surface area contributed by atoms with Crippen LogP contribution in [0.5, 0.6) is 0 Å². The van der Waals surface area contributed by atoms with Crippen LogP contribution in [0.25, 0.3) is 0 Å². The van der Waals surface area contributed by atoms with Gasteiger partial charge in [-0.3, -0.25) is 4.79 Å². The molecule has 0 radical (unpaired) electrons. The predicted molar refractivity (Wildman–Crippen MR) is 67.9 cm³/mol. The monoisotopic (exact) mass is 251 g/mol.